The molecule has 1 heterocycles. The van der Waals surface area contributed by atoms with E-state index < -0.39 is 0 Å². The van der Waals surface area contributed by atoms with Gasteiger partial charge in [0.15, 0.2) is 0 Å². The van der Waals surface area contributed by atoms with Gasteiger partial charge in [0.05, 0.1) is 6.04 Å². The fourth-order valence-corrected chi connectivity index (χ4v) is 1.57. The van der Waals surface area contributed by atoms with E-state index >= 15 is 0 Å². The lowest BCUT2D eigenvalue weighted by atomic mass is 10.1. The molecule has 0 radical (unpaired) electrons. The van der Waals surface area contributed by atoms with Crippen LogP contribution in [-0.2, 0) is 4.74 Å². The first-order valence-electron chi connectivity index (χ1n) is 4.36. The molecule has 1 atom stereocenters. The van der Waals surface area contributed by atoms with Crippen molar-refractivity contribution in [3.8, 4) is 0 Å². The zero-order valence-corrected chi connectivity index (χ0v) is 8.47. The number of hydrogen-bond donors (Lipinski definition) is 1. The van der Waals surface area contributed by atoms with Gasteiger partial charge in [-0.3, -0.25) is 0 Å². The van der Waals surface area contributed by atoms with E-state index in [0.29, 0.717) is 6.61 Å². The third-order valence-electron chi connectivity index (χ3n) is 2.26. The van der Waals surface area contributed by atoms with Crippen molar-refractivity contribution in [2.75, 3.05) is 6.61 Å². The van der Waals surface area contributed by atoms with Gasteiger partial charge in [-0.05, 0) is 24.1 Å². The van der Waals surface area contributed by atoms with Gasteiger partial charge in [0.25, 0.3) is 0 Å². The average Bonchev–Trinajstić information content (AvgIpc) is 2.57. The topological polar surface area (TPSA) is 38.3 Å². The largest absolute Gasteiger partial charge is 0.447 e. The van der Waals surface area contributed by atoms with Crippen LogP contribution in [0.1, 0.15) is 17.2 Å². The van der Waals surface area contributed by atoms with Gasteiger partial charge in [-0.15, -0.1) is 0 Å². The maximum atomic E-state index is 10.8. The number of amides is 1. The molecule has 1 aliphatic heterocycles. The Kier molecular flexibility index (Phi) is 2.33. The molecule has 0 aliphatic carbocycles. The molecule has 1 saturated heterocycles. The van der Waals surface area contributed by atoms with E-state index in [4.69, 9.17) is 16.3 Å². The highest BCUT2D eigenvalue weighted by Gasteiger charge is 2.23. The fourth-order valence-electron chi connectivity index (χ4n) is 1.45. The van der Waals surface area contributed by atoms with Crippen molar-refractivity contribution in [1.29, 1.82) is 0 Å². The Bertz CT molecular complexity index is 378. The number of rotatable bonds is 1. The molecule has 1 unspecified atom stereocenters. The van der Waals surface area contributed by atoms with E-state index in [2.05, 4.69) is 5.32 Å². The molecule has 3 nitrogen and oxygen atoms in total. The van der Waals surface area contributed by atoms with Crippen LogP contribution >= 0.6 is 11.6 Å². The highest BCUT2D eigenvalue weighted by atomic mass is 35.5. The van der Waals surface area contributed by atoms with Crippen LogP contribution in [0.15, 0.2) is 18.2 Å². The number of nitrogens with one attached hydrogen (secondary N) is 1. The summed E-state index contributed by atoms with van der Waals surface area (Å²) in [6.45, 7) is 2.32. The van der Waals surface area contributed by atoms with Gasteiger partial charge >= 0.3 is 6.09 Å². The molecular weight excluding hydrogens is 202 g/mol. The number of benzene rings is 1. The second-order valence-electron chi connectivity index (χ2n) is 3.30. The minimum atomic E-state index is -0.359. The van der Waals surface area contributed by atoms with Crippen LogP contribution in [0.25, 0.3) is 0 Å². The average molecular weight is 212 g/mol. The zero-order valence-electron chi connectivity index (χ0n) is 7.71. The molecule has 1 aromatic carbocycles. The van der Waals surface area contributed by atoms with E-state index in [0.717, 1.165) is 16.1 Å². The van der Waals surface area contributed by atoms with Crippen molar-refractivity contribution < 1.29 is 9.53 Å². The van der Waals surface area contributed by atoms with Gasteiger partial charge < -0.3 is 10.1 Å². The third-order valence-corrected chi connectivity index (χ3v) is 2.68. The first-order valence-corrected chi connectivity index (χ1v) is 4.74. The number of ether oxygens (including phenoxy) is 1. The van der Waals surface area contributed by atoms with Crippen LogP contribution in [-0.4, -0.2) is 12.7 Å². The van der Waals surface area contributed by atoms with E-state index in [1.807, 2.05) is 25.1 Å². The lowest BCUT2D eigenvalue weighted by molar-refractivity contribution is 0.177. The quantitative estimate of drug-likeness (QED) is 0.775. The van der Waals surface area contributed by atoms with Crippen LogP contribution in [0.4, 0.5) is 4.79 Å². The van der Waals surface area contributed by atoms with Crippen LogP contribution in [0.3, 0.4) is 0 Å². The van der Waals surface area contributed by atoms with Crippen molar-refractivity contribution >= 4 is 17.7 Å². The summed E-state index contributed by atoms with van der Waals surface area (Å²) < 4.78 is 4.81. The number of hydrogen-bond acceptors (Lipinski definition) is 2. The van der Waals surface area contributed by atoms with E-state index in [1.165, 1.54) is 0 Å². The molecule has 2 rings (SSSR count). The van der Waals surface area contributed by atoms with Crippen LogP contribution in [0, 0.1) is 6.92 Å². The Morgan fingerprint density at radius 3 is 2.93 bits per heavy atom. The molecule has 0 bridgehead atoms. The van der Waals surface area contributed by atoms with Crippen LogP contribution < -0.4 is 5.32 Å². The normalized spacial score (nSPS) is 20.4. The SMILES string of the molecule is Cc1cc(C2COC(=O)N2)ccc1Cl. The third kappa shape index (κ3) is 1.68. The molecule has 0 aromatic heterocycles. The Morgan fingerprint density at radius 2 is 2.36 bits per heavy atom. The first kappa shape index (κ1) is 9.34. The van der Waals surface area contributed by atoms with Crippen molar-refractivity contribution in [3.05, 3.63) is 34.3 Å². The Labute approximate surface area is 87.0 Å². The lowest BCUT2D eigenvalue weighted by Crippen LogP contribution is -2.18. The highest BCUT2D eigenvalue weighted by molar-refractivity contribution is 6.31. The predicted molar refractivity (Wildman–Crippen MR) is 53.4 cm³/mol. The second kappa shape index (κ2) is 3.50. The van der Waals surface area contributed by atoms with E-state index in [1.54, 1.807) is 0 Å². The van der Waals surface area contributed by atoms with Gasteiger partial charge in [0, 0.05) is 5.02 Å². The molecule has 74 valence electrons. The second-order valence-corrected chi connectivity index (χ2v) is 3.71. The Hall–Kier alpha value is -1.22. The van der Waals surface area contributed by atoms with Crippen molar-refractivity contribution in [2.24, 2.45) is 0 Å². The summed E-state index contributed by atoms with van der Waals surface area (Å²) in [5.74, 6) is 0. The summed E-state index contributed by atoms with van der Waals surface area (Å²) in [5.41, 5.74) is 2.03. The standard InChI is InChI=1S/C10H10ClNO2/c1-6-4-7(2-3-8(6)11)9-5-14-10(13)12-9/h2-4,9H,5H2,1H3,(H,12,13). The molecule has 1 amide bonds. The zero-order chi connectivity index (χ0) is 10.1. The predicted octanol–water partition coefficient (Wildman–Crippen LogP) is 2.43. The molecule has 0 spiro atoms. The molecule has 1 aliphatic rings. The summed E-state index contributed by atoms with van der Waals surface area (Å²) in [6, 6.07) is 5.65. The summed E-state index contributed by atoms with van der Waals surface area (Å²) in [5, 5.41) is 3.45. The van der Waals surface area contributed by atoms with E-state index in [-0.39, 0.29) is 12.1 Å². The Balaban J connectivity index is 2.24. The van der Waals surface area contributed by atoms with Crippen molar-refractivity contribution in [2.45, 2.75) is 13.0 Å². The molecule has 1 fully saturated rings. The minimum absolute atomic E-state index is 0.0431. The molecule has 1 N–H and O–H groups in total. The molecular formula is C10H10ClNO2. The monoisotopic (exact) mass is 211 g/mol. The highest BCUT2D eigenvalue weighted by Crippen LogP contribution is 2.23. The maximum absolute atomic E-state index is 10.8. The smallest absolute Gasteiger partial charge is 0.407 e. The molecule has 14 heavy (non-hydrogen) atoms. The fraction of sp³-hybridized carbons (Fsp3) is 0.300. The lowest BCUT2D eigenvalue weighted by Gasteiger charge is -2.08. The van der Waals surface area contributed by atoms with Gasteiger partial charge in [-0.25, -0.2) is 4.79 Å². The van der Waals surface area contributed by atoms with Crippen LogP contribution in [0.2, 0.25) is 5.02 Å². The van der Waals surface area contributed by atoms with E-state index in [9.17, 15) is 4.79 Å². The molecule has 0 saturated carbocycles. The summed E-state index contributed by atoms with van der Waals surface area (Å²) in [6.07, 6.45) is -0.359. The van der Waals surface area contributed by atoms with Gasteiger partial charge in [-0.2, -0.15) is 0 Å². The number of aryl methyl sites for hydroxylation is 1. The number of cyclic esters (lactones) is 1. The first-order chi connectivity index (χ1) is 6.66. The molecule has 1 aromatic rings. The minimum Gasteiger partial charge on any atom is -0.447 e. The van der Waals surface area contributed by atoms with Crippen LogP contribution in [0.5, 0.6) is 0 Å². The maximum Gasteiger partial charge on any atom is 0.407 e. The summed E-state index contributed by atoms with van der Waals surface area (Å²) >= 11 is 5.90. The van der Waals surface area contributed by atoms with Crippen molar-refractivity contribution in [3.63, 3.8) is 0 Å². The number of alkyl carbamates (subject to hydrolysis) is 1. The summed E-state index contributed by atoms with van der Waals surface area (Å²) in [7, 11) is 0. The molecule has 4 heteroatoms. The van der Waals surface area contributed by atoms with Gasteiger partial charge in [-0.1, -0.05) is 23.7 Å². The number of carbonyl (C=O) groups excluding carboxylic acids is 1. The number of carbonyl (C=O) groups is 1. The van der Waals surface area contributed by atoms with Gasteiger partial charge in [0.2, 0.25) is 0 Å². The van der Waals surface area contributed by atoms with Gasteiger partial charge in [0.1, 0.15) is 6.61 Å². The number of halogens is 1. The summed E-state index contributed by atoms with van der Waals surface area (Å²) in [4.78, 5) is 10.8. The van der Waals surface area contributed by atoms with Crippen molar-refractivity contribution in [1.82, 2.24) is 5.32 Å². The Morgan fingerprint density at radius 1 is 1.57 bits per heavy atom.